The first kappa shape index (κ1) is 17.2. The van der Waals surface area contributed by atoms with Crippen LogP contribution in [0.2, 0.25) is 5.15 Å². The zero-order valence-electron chi connectivity index (χ0n) is 12.8. The van der Waals surface area contributed by atoms with Crippen molar-refractivity contribution >= 4 is 29.6 Å². The Morgan fingerprint density at radius 2 is 2.00 bits per heavy atom. The number of rotatable bonds is 4. The maximum absolute atomic E-state index is 11.9. The highest BCUT2D eigenvalue weighted by Gasteiger charge is 2.32. The lowest BCUT2D eigenvalue weighted by molar-refractivity contribution is -0.144. The van der Waals surface area contributed by atoms with Gasteiger partial charge in [-0.05, 0) is 18.4 Å². The smallest absolute Gasteiger partial charge is 0.326 e. The van der Waals surface area contributed by atoms with Crippen LogP contribution in [0.4, 0.5) is 0 Å². The van der Waals surface area contributed by atoms with Crippen LogP contribution in [-0.2, 0) is 16.6 Å². The van der Waals surface area contributed by atoms with Gasteiger partial charge in [-0.25, -0.2) is 4.79 Å². The van der Waals surface area contributed by atoms with E-state index in [1.165, 1.54) is 16.8 Å². The van der Waals surface area contributed by atoms with Gasteiger partial charge in [-0.3, -0.25) is 9.48 Å². The lowest BCUT2D eigenvalue weighted by Gasteiger charge is -2.27. The number of carboxylic acid groups (broad SMARTS) is 1. The second-order valence-electron chi connectivity index (χ2n) is 5.89. The summed E-state index contributed by atoms with van der Waals surface area (Å²) in [5.74, 6) is -1.56. The van der Waals surface area contributed by atoms with E-state index in [-0.39, 0.29) is 0 Å². The van der Waals surface area contributed by atoms with E-state index in [4.69, 9.17) is 16.7 Å². The Labute approximate surface area is 128 Å². The van der Waals surface area contributed by atoms with Gasteiger partial charge in [-0.2, -0.15) is 5.10 Å². The molecule has 0 aliphatic carbocycles. The van der Waals surface area contributed by atoms with E-state index in [1.54, 1.807) is 34.7 Å². The molecule has 0 spiro atoms. The van der Waals surface area contributed by atoms with Crippen LogP contribution in [0.5, 0.6) is 0 Å². The van der Waals surface area contributed by atoms with Gasteiger partial charge in [0.2, 0.25) is 5.91 Å². The minimum Gasteiger partial charge on any atom is -0.480 e. The number of hydrogen-bond acceptors (Lipinski definition) is 3. The Morgan fingerprint density at radius 1 is 1.43 bits per heavy atom. The maximum atomic E-state index is 11.9. The van der Waals surface area contributed by atoms with Gasteiger partial charge < -0.3 is 10.4 Å². The fraction of sp³-hybridized carbons (Fsp3) is 0.500. The van der Waals surface area contributed by atoms with Crippen molar-refractivity contribution in [1.82, 2.24) is 15.1 Å². The van der Waals surface area contributed by atoms with E-state index < -0.39 is 23.3 Å². The third kappa shape index (κ3) is 4.32. The summed E-state index contributed by atoms with van der Waals surface area (Å²) in [6, 6.07) is -0.972. The van der Waals surface area contributed by atoms with Crippen LogP contribution in [0.25, 0.3) is 6.08 Å². The summed E-state index contributed by atoms with van der Waals surface area (Å²) in [6.07, 6.45) is 2.79. The van der Waals surface area contributed by atoms with E-state index >= 15 is 0 Å². The molecular weight excluding hydrogens is 294 g/mol. The molecule has 1 aromatic rings. The highest BCUT2D eigenvalue weighted by Crippen LogP contribution is 2.21. The van der Waals surface area contributed by atoms with Gasteiger partial charge in [0.05, 0.1) is 5.69 Å². The molecule has 0 aliphatic heterocycles. The first-order valence-electron chi connectivity index (χ1n) is 6.44. The van der Waals surface area contributed by atoms with Crippen molar-refractivity contribution in [3.8, 4) is 0 Å². The predicted molar refractivity (Wildman–Crippen MR) is 81.0 cm³/mol. The van der Waals surface area contributed by atoms with Crippen molar-refractivity contribution in [2.45, 2.75) is 33.7 Å². The van der Waals surface area contributed by atoms with Crippen LogP contribution in [0, 0.1) is 12.3 Å². The summed E-state index contributed by atoms with van der Waals surface area (Å²) in [4.78, 5) is 23.1. The second kappa shape index (κ2) is 6.30. The zero-order valence-corrected chi connectivity index (χ0v) is 13.5. The number of aryl methyl sites for hydroxylation is 2. The molecule has 1 amide bonds. The monoisotopic (exact) mass is 313 g/mol. The van der Waals surface area contributed by atoms with Crippen LogP contribution < -0.4 is 5.32 Å². The van der Waals surface area contributed by atoms with Crippen molar-refractivity contribution in [2.75, 3.05) is 0 Å². The number of amides is 1. The molecule has 0 unspecified atom stereocenters. The maximum Gasteiger partial charge on any atom is 0.326 e. The Morgan fingerprint density at radius 3 is 2.38 bits per heavy atom. The van der Waals surface area contributed by atoms with Crippen LogP contribution in [-0.4, -0.2) is 32.8 Å². The number of carbonyl (C=O) groups is 2. The highest BCUT2D eigenvalue weighted by atomic mass is 35.5. The summed E-state index contributed by atoms with van der Waals surface area (Å²) >= 11 is 6.05. The molecule has 1 aromatic heterocycles. The number of aromatic nitrogens is 2. The molecule has 1 heterocycles. The first-order chi connectivity index (χ1) is 9.54. The van der Waals surface area contributed by atoms with Crippen molar-refractivity contribution in [2.24, 2.45) is 12.5 Å². The van der Waals surface area contributed by atoms with Gasteiger partial charge in [0.15, 0.2) is 0 Å². The number of nitrogens with zero attached hydrogens (tertiary/aromatic N) is 2. The molecule has 0 bridgehead atoms. The van der Waals surface area contributed by atoms with Crippen LogP contribution in [0.3, 0.4) is 0 Å². The Kier molecular flexibility index (Phi) is 5.17. The third-order valence-corrected chi connectivity index (χ3v) is 3.45. The van der Waals surface area contributed by atoms with Crippen LogP contribution >= 0.6 is 11.6 Å². The topological polar surface area (TPSA) is 84.2 Å². The molecule has 6 nitrogen and oxygen atoms in total. The molecular formula is C14H20ClN3O3. The second-order valence-corrected chi connectivity index (χ2v) is 6.25. The normalized spacial score (nSPS) is 13.4. The molecule has 0 aromatic carbocycles. The lowest BCUT2D eigenvalue weighted by atomic mass is 9.87. The average Bonchev–Trinajstić information content (AvgIpc) is 2.56. The molecule has 0 saturated heterocycles. The average molecular weight is 314 g/mol. The highest BCUT2D eigenvalue weighted by molar-refractivity contribution is 6.31. The van der Waals surface area contributed by atoms with Crippen molar-refractivity contribution in [3.05, 3.63) is 22.5 Å². The van der Waals surface area contributed by atoms with Crippen LogP contribution in [0.15, 0.2) is 6.08 Å². The minimum absolute atomic E-state index is 0.419. The number of nitrogens with one attached hydrogen (secondary N) is 1. The summed E-state index contributed by atoms with van der Waals surface area (Å²) < 4.78 is 1.50. The number of hydrogen-bond donors (Lipinski definition) is 2. The van der Waals surface area contributed by atoms with Gasteiger partial charge in [0, 0.05) is 18.7 Å². The molecule has 21 heavy (non-hydrogen) atoms. The summed E-state index contributed by atoms with van der Waals surface area (Å²) in [5.41, 5.74) is 0.742. The summed E-state index contributed by atoms with van der Waals surface area (Å²) in [6.45, 7) is 7.02. The molecule has 0 fully saturated rings. The fourth-order valence-corrected chi connectivity index (χ4v) is 2.07. The molecule has 1 atom stereocenters. The van der Waals surface area contributed by atoms with Gasteiger partial charge in [0.1, 0.15) is 11.2 Å². The Balaban J connectivity index is 2.86. The quantitative estimate of drug-likeness (QED) is 0.833. The first-order valence-corrected chi connectivity index (χ1v) is 6.82. The minimum atomic E-state index is -1.07. The van der Waals surface area contributed by atoms with E-state index in [2.05, 4.69) is 10.4 Å². The molecule has 7 heteroatoms. The van der Waals surface area contributed by atoms with Gasteiger partial charge in [-0.1, -0.05) is 32.4 Å². The molecule has 116 valence electrons. The van der Waals surface area contributed by atoms with Crippen LogP contribution in [0.1, 0.15) is 32.0 Å². The van der Waals surface area contributed by atoms with Crippen molar-refractivity contribution in [1.29, 1.82) is 0 Å². The fourth-order valence-electron chi connectivity index (χ4n) is 1.83. The Hall–Kier alpha value is -1.82. The lowest BCUT2D eigenvalue weighted by Crippen LogP contribution is -2.48. The molecule has 1 rings (SSSR count). The van der Waals surface area contributed by atoms with E-state index in [0.29, 0.717) is 16.4 Å². The number of halogens is 1. The van der Waals surface area contributed by atoms with Gasteiger partial charge in [0.25, 0.3) is 0 Å². The van der Waals surface area contributed by atoms with E-state index in [1.807, 2.05) is 0 Å². The van der Waals surface area contributed by atoms with Gasteiger partial charge in [-0.15, -0.1) is 0 Å². The zero-order chi connectivity index (χ0) is 16.4. The SMILES string of the molecule is Cc1nn(C)c(Cl)c1/C=C\C(=O)N[C@H](C(=O)O)C(C)(C)C. The summed E-state index contributed by atoms with van der Waals surface area (Å²) in [7, 11) is 1.70. The molecule has 2 N–H and O–H groups in total. The van der Waals surface area contributed by atoms with Gasteiger partial charge >= 0.3 is 5.97 Å². The molecule has 0 aliphatic rings. The van der Waals surface area contributed by atoms with E-state index in [0.717, 1.165) is 0 Å². The number of carboxylic acids is 1. The predicted octanol–water partition coefficient (Wildman–Crippen LogP) is 2.01. The van der Waals surface area contributed by atoms with E-state index in [9.17, 15) is 9.59 Å². The Bertz CT molecular complexity index is 585. The summed E-state index contributed by atoms with van der Waals surface area (Å²) in [5, 5.41) is 16.2. The third-order valence-electron chi connectivity index (χ3n) is 3.00. The standard InChI is InChI=1S/C14H20ClN3O3/c1-8-9(12(15)18(5)17-8)6-7-10(19)16-11(13(20)21)14(2,3)4/h6-7,11H,1-5H3,(H,16,19)(H,20,21)/b7-6-/t11-/m1/s1. The van der Waals surface area contributed by atoms with Crippen molar-refractivity contribution < 1.29 is 14.7 Å². The molecule has 0 radical (unpaired) electrons. The molecule has 0 saturated carbocycles. The number of carbonyl (C=O) groups excluding carboxylic acids is 1. The number of aliphatic carboxylic acids is 1. The van der Waals surface area contributed by atoms with Crippen molar-refractivity contribution in [3.63, 3.8) is 0 Å². The largest absolute Gasteiger partial charge is 0.480 e.